The Morgan fingerprint density at radius 3 is 2.65 bits per heavy atom. The second-order valence-corrected chi connectivity index (χ2v) is 6.24. The molecule has 0 unspecified atom stereocenters. The Hall–Kier alpha value is -2.32. The summed E-state index contributed by atoms with van der Waals surface area (Å²) in [5, 5.41) is 18.9. The third-order valence-electron chi connectivity index (χ3n) is 4.26. The molecule has 0 saturated carbocycles. The van der Waals surface area contributed by atoms with E-state index in [0.29, 0.717) is 6.42 Å². The molecule has 1 aliphatic heterocycles. The van der Waals surface area contributed by atoms with E-state index in [1.807, 2.05) is 0 Å². The zero-order valence-corrected chi connectivity index (χ0v) is 14.6. The number of hydrogen-bond acceptors (Lipinski definition) is 5. The third-order valence-corrected chi connectivity index (χ3v) is 4.26. The van der Waals surface area contributed by atoms with Crippen molar-refractivity contribution in [3.63, 3.8) is 0 Å². The lowest BCUT2D eigenvalue weighted by Crippen LogP contribution is -2.33. The Labute approximate surface area is 152 Å². The van der Waals surface area contributed by atoms with Gasteiger partial charge in [0.2, 0.25) is 0 Å². The number of unbranched alkanes of at least 4 members (excludes halogenated alkanes) is 5. The second-order valence-electron chi connectivity index (χ2n) is 6.24. The minimum Gasteiger partial charge on any atom is -0.394 e. The van der Waals surface area contributed by atoms with E-state index in [2.05, 4.69) is 22.7 Å². The highest BCUT2D eigenvalue weighted by Gasteiger charge is 2.35. The van der Waals surface area contributed by atoms with Crippen molar-refractivity contribution in [2.75, 3.05) is 6.61 Å². The van der Waals surface area contributed by atoms with E-state index in [4.69, 9.17) is 16.3 Å². The molecule has 3 N–H and O–H groups in total. The molecular formula is C19H24N2O5. The van der Waals surface area contributed by atoms with Crippen molar-refractivity contribution in [1.29, 1.82) is 0 Å². The molecule has 1 aromatic rings. The summed E-state index contributed by atoms with van der Waals surface area (Å²) >= 11 is 0. The van der Waals surface area contributed by atoms with Crippen molar-refractivity contribution < 1.29 is 14.9 Å². The molecule has 26 heavy (non-hydrogen) atoms. The van der Waals surface area contributed by atoms with E-state index in [1.165, 1.54) is 10.8 Å². The molecule has 2 heterocycles. The number of ether oxygens (including phenoxy) is 1. The number of aromatic nitrogens is 2. The quantitative estimate of drug-likeness (QED) is 0.485. The summed E-state index contributed by atoms with van der Waals surface area (Å²) in [6.45, 7) is -0.343. The maximum absolute atomic E-state index is 12.0. The first-order valence-electron chi connectivity index (χ1n) is 8.79. The SMILES string of the molecule is C#CCCCCCCC#Cc1cn([C@H]2C[C@@H](O)[C@@H](CO)O2)c(=O)[nH]c1=O. The molecule has 0 aromatic carbocycles. The fraction of sp³-hybridized carbons (Fsp3) is 0.579. The van der Waals surface area contributed by atoms with E-state index >= 15 is 0 Å². The van der Waals surface area contributed by atoms with E-state index in [9.17, 15) is 14.7 Å². The van der Waals surface area contributed by atoms with Crippen LogP contribution in [0.4, 0.5) is 0 Å². The topological polar surface area (TPSA) is 105 Å². The van der Waals surface area contributed by atoms with Gasteiger partial charge in [-0.25, -0.2) is 4.79 Å². The first-order valence-corrected chi connectivity index (χ1v) is 8.79. The highest BCUT2D eigenvalue weighted by Crippen LogP contribution is 2.27. The number of rotatable bonds is 7. The van der Waals surface area contributed by atoms with Gasteiger partial charge in [0.25, 0.3) is 5.56 Å². The first-order chi connectivity index (χ1) is 12.6. The molecule has 1 fully saturated rings. The van der Waals surface area contributed by atoms with Crippen LogP contribution in [0.5, 0.6) is 0 Å². The predicted molar refractivity (Wildman–Crippen MR) is 96.4 cm³/mol. The Bertz CT molecular complexity index is 808. The van der Waals surface area contributed by atoms with Crippen molar-refractivity contribution in [2.24, 2.45) is 0 Å². The third kappa shape index (κ3) is 5.34. The minimum atomic E-state index is -0.868. The monoisotopic (exact) mass is 360 g/mol. The van der Waals surface area contributed by atoms with Crippen LogP contribution in [-0.2, 0) is 4.74 Å². The normalized spacial score (nSPS) is 21.8. The summed E-state index contributed by atoms with van der Waals surface area (Å²) in [4.78, 5) is 26.1. The number of aliphatic hydroxyl groups is 2. The Morgan fingerprint density at radius 1 is 1.27 bits per heavy atom. The lowest BCUT2D eigenvalue weighted by Gasteiger charge is -2.14. The van der Waals surface area contributed by atoms with Crippen molar-refractivity contribution in [1.82, 2.24) is 9.55 Å². The zero-order valence-electron chi connectivity index (χ0n) is 14.6. The summed E-state index contributed by atoms with van der Waals surface area (Å²) in [6, 6.07) is 0. The van der Waals surface area contributed by atoms with Crippen LogP contribution < -0.4 is 11.2 Å². The lowest BCUT2D eigenvalue weighted by molar-refractivity contribution is -0.0459. The molecule has 0 amide bonds. The summed E-state index contributed by atoms with van der Waals surface area (Å²) in [5.74, 6) is 8.34. The molecule has 0 bridgehead atoms. The molecule has 7 heteroatoms. The standard InChI is InChI=1S/C19H24N2O5/c1-2-3-4-5-6-7-8-9-10-14-12-21(19(25)20-18(14)24)17-11-15(23)16(13-22)26-17/h1,12,15-17,22-23H,3-8,11,13H2,(H,20,24,25)/t15-,16-,17-/m1/s1. The minimum absolute atomic E-state index is 0.154. The highest BCUT2D eigenvalue weighted by molar-refractivity contribution is 5.29. The average Bonchev–Trinajstić information content (AvgIpc) is 2.99. The fourth-order valence-electron chi connectivity index (χ4n) is 2.79. The van der Waals surface area contributed by atoms with Gasteiger partial charge in [0, 0.05) is 25.5 Å². The summed E-state index contributed by atoms with van der Waals surface area (Å²) in [6.07, 6.45) is 9.80. The van der Waals surface area contributed by atoms with Gasteiger partial charge in [-0.2, -0.15) is 0 Å². The van der Waals surface area contributed by atoms with E-state index in [-0.39, 0.29) is 18.6 Å². The Balaban J connectivity index is 2.00. The van der Waals surface area contributed by atoms with Gasteiger partial charge in [-0.15, -0.1) is 12.3 Å². The fourth-order valence-corrected chi connectivity index (χ4v) is 2.79. The molecule has 140 valence electrons. The van der Waals surface area contributed by atoms with E-state index < -0.39 is 29.7 Å². The van der Waals surface area contributed by atoms with Gasteiger partial charge < -0.3 is 14.9 Å². The van der Waals surface area contributed by atoms with Crippen LogP contribution in [0.15, 0.2) is 15.8 Å². The molecular weight excluding hydrogens is 336 g/mol. The first kappa shape index (κ1) is 20.0. The van der Waals surface area contributed by atoms with Crippen molar-refractivity contribution in [2.45, 2.75) is 63.4 Å². The summed E-state index contributed by atoms with van der Waals surface area (Å²) in [7, 11) is 0. The molecule has 1 aliphatic rings. The van der Waals surface area contributed by atoms with E-state index in [1.54, 1.807) is 0 Å². The molecule has 0 aliphatic carbocycles. The van der Waals surface area contributed by atoms with Crippen molar-refractivity contribution in [3.8, 4) is 24.2 Å². The lowest BCUT2D eigenvalue weighted by atomic mass is 10.1. The number of terminal acetylenes is 1. The number of aliphatic hydroxyl groups excluding tert-OH is 2. The van der Waals surface area contributed by atoms with Gasteiger partial charge in [-0.1, -0.05) is 24.7 Å². The number of H-pyrrole nitrogens is 1. The molecule has 2 rings (SSSR count). The molecule has 1 aromatic heterocycles. The molecule has 0 radical (unpaired) electrons. The van der Waals surface area contributed by atoms with Crippen LogP contribution in [0.1, 0.15) is 56.7 Å². The molecule has 0 spiro atoms. The van der Waals surface area contributed by atoms with Crippen LogP contribution in [-0.4, -0.2) is 38.6 Å². The maximum atomic E-state index is 12.0. The van der Waals surface area contributed by atoms with E-state index in [0.717, 1.165) is 32.1 Å². The van der Waals surface area contributed by atoms with Gasteiger partial charge in [0.15, 0.2) is 0 Å². The van der Waals surface area contributed by atoms with Crippen LogP contribution >= 0.6 is 0 Å². The number of nitrogens with one attached hydrogen (secondary N) is 1. The highest BCUT2D eigenvalue weighted by atomic mass is 16.5. The number of nitrogens with zero attached hydrogens (tertiary/aromatic N) is 1. The van der Waals surface area contributed by atoms with Crippen LogP contribution in [0.3, 0.4) is 0 Å². The van der Waals surface area contributed by atoms with Gasteiger partial charge in [-0.05, 0) is 12.8 Å². The average molecular weight is 360 g/mol. The maximum Gasteiger partial charge on any atom is 0.330 e. The van der Waals surface area contributed by atoms with Crippen LogP contribution in [0.2, 0.25) is 0 Å². The zero-order chi connectivity index (χ0) is 18.9. The predicted octanol–water partition coefficient (Wildman–Crippen LogP) is 0.503. The van der Waals surface area contributed by atoms with Crippen LogP contribution in [0, 0.1) is 24.2 Å². The number of hydrogen-bond donors (Lipinski definition) is 3. The largest absolute Gasteiger partial charge is 0.394 e. The second kappa shape index (κ2) is 9.98. The van der Waals surface area contributed by atoms with Gasteiger partial charge in [0.05, 0.1) is 12.7 Å². The van der Waals surface area contributed by atoms with Crippen molar-refractivity contribution in [3.05, 3.63) is 32.6 Å². The molecule has 3 atom stereocenters. The van der Waals surface area contributed by atoms with Gasteiger partial charge in [0.1, 0.15) is 17.9 Å². The summed E-state index contributed by atoms with van der Waals surface area (Å²) < 4.78 is 6.65. The molecule has 1 saturated heterocycles. The van der Waals surface area contributed by atoms with Crippen LogP contribution in [0.25, 0.3) is 0 Å². The summed E-state index contributed by atoms with van der Waals surface area (Å²) in [5.41, 5.74) is -1.02. The number of aromatic amines is 1. The van der Waals surface area contributed by atoms with Crippen molar-refractivity contribution >= 4 is 0 Å². The smallest absolute Gasteiger partial charge is 0.330 e. The van der Waals surface area contributed by atoms with Gasteiger partial charge in [-0.3, -0.25) is 14.3 Å². The molecule has 7 nitrogen and oxygen atoms in total. The Kier molecular flexibility index (Phi) is 7.68. The van der Waals surface area contributed by atoms with Gasteiger partial charge >= 0.3 is 5.69 Å². The Morgan fingerprint density at radius 2 is 2.00 bits per heavy atom.